The average molecular weight is 311 g/mol. The molecule has 1 aromatic rings. The molecule has 70 valence electrons. The van der Waals surface area contributed by atoms with Crippen LogP contribution in [0.5, 0.6) is 5.75 Å². The Balaban J connectivity index is 2.49. The largest absolute Gasteiger partial charge is 0.489 e. The van der Waals surface area contributed by atoms with Crippen LogP contribution in [0.4, 0.5) is 0 Å². The predicted octanol–water partition coefficient (Wildman–Crippen LogP) is 2.57. The number of benzene rings is 1. The van der Waals surface area contributed by atoms with E-state index in [1.165, 1.54) is 0 Å². The topological polar surface area (TPSA) is 29.5 Å². The Morgan fingerprint density at radius 2 is 2.31 bits per heavy atom. The molecule has 0 spiro atoms. The molecule has 0 saturated carbocycles. The molecule has 0 amide bonds. The zero-order valence-electron chi connectivity index (χ0n) is 6.71. The van der Waals surface area contributed by atoms with Gasteiger partial charge in [0.15, 0.2) is 0 Å². The van der Waals surface area contributed by atoms with Gasteiger partial charge in [-0.25, -0.2) is 0 Å². The predicted molar refractivity (Wildman–Crippen MR) is 59.7 cm³/mol. The fourth-order valence-electron chi connectivity index (χ4n) is 1.36. The van der Waals surface area contributed by atoms with Crippen molar-refractivity contribution in [3.8, 4) is 5.75 Å². The molecule has 2 rings (SSSR count). The van der Waals surface area contributed by atoms with Gasteiger partial charge in [0, 0.05) is 5.56 Å². The summed E-state index contributed by atoms with van der Waals surface area (Å²) < 4.78 is 5.42. The van der Waals surface area contributed by atoms with E-state index in [0.717, 1.165) is 5.56 Å². The lowest BCUT2D eigenvalue weighted by molar-refractivity contribution is 0.0934. The Kier molecular flexibility index (Phi) is 2.67. The van der Waals surface area contributed by atoms with Crippen LogP contribution >= 0.6 is 34.2 Å². The van der Waals surface area contributed by atoms with E-state index in [0.29, 0.717) is 17.4 Å². The van der Waals surface area contributed by atoms with Gasteiger partial charge in [-0.2, -0.15) is 0 Å². The lowest BCUT2D eigenvalue weighted by Crippen LogP contribution is -2.27. The number of ether oxygens (including phenoxy) is 1. The number of hydrogen-bond acceptors (Lipinski definition) is 2. The molecule has 0 aliphatic carbocycles. The molecule has 0 unspecified atom stereocenters. The van der Waals surface area contributed by atoms with Gasteiger partial charge >= 0.3 is 0 Å². The molecule has 1 aliphatic rings. The third-order valence-electron chi connectivity index (χ3n) is 2.03. The maximum Gasteiger partial charge on any atom is 0.142 e. The van der Waals surface area contributed by atoms with Crippen LogP contribution in [-0.2, 0) is 0 Å². The summed E-state index contributed by atoms with van der Waals surface area (Å²) in [6.45, 7) is 0.324. The first-order chi connectivity index (χ1) is 6.20. The zero-order chi connectivity index (χ0) is 9.42. The number of para-hydroxylation sites is 1. The van der Waals surface area contributed by atoms with Crippen molar-refractivity contribution in [1.29, 1.82) is 0 Å². The number of rotatable bonds is 0. The first-order valence-corrected chi connectivity index (χ1v) is 5.56. The second kappa shape index (κ2) is 3.63. The summed E-state index contributed by atoms with van der Waals surface area (Å²) in [7, 11) is 0. The summed E-state index contributed by atoms with van der Waals surface area (Å²) in [5.74, 6) is 0.717. The fraction of sp³-hybridized carbons (Fsp3) is 0.333. The number of fused-ring (bicyclic) bond motifs is 1. The van der Waals surface area contributed by atoms with Crippen LogP contribution in [0, 0.1) is 0 Å². The van der Waals surface area contributed by atoms with Gasteiger partial charge in [-0.05, 0) is 6.07 Å². The quantitative estimate of drug-likeness (QED) is 0.589. The van der Waals surface area contributed by atoms with Gasteiger partial charge in [0.1, 0.15) is 18.5 Å². The maximum absolute atomic E-state index is 9.54. The van der Waals surface area contributed by atoms with Crippen molar-refractivity contribution >= 4 is 34.2 Å². The van der Waals surface area contributed by atoms with Crippen LogP contribution in [-0.4, -0.2) is 17.8 Å². The van der Waals surface area contributed by atoms with Crippen molar-refractivity contribution in [2.45, 2.75) is 10.0 Å². The molecular weight excluding hydrogens is 302 g/mol. The molecule has 0 radical (unpaired) electrons. The van der Waals surface area contributed by atoms with Gasteiger partial charge in [-0.15, -0.1) is 0 Å². The smallest absolute Gasteiger partial charge is 0.142 e. The minimum atomic E-state index is -0.438. The third kappa shape index (κ3) is 1.65. The summed E-state index contributed by atoms with van der Waals surface area (Å²) in [5.41, 5.74) is 0.979. The van der Waals surface area contributed by atoms with E-state index in [2.05, 4.69) is 22.6 Å². The number of halogens is 2. The van der Waals surface area contributed by atoms with Crippen LogP contribution in [0.2, 0.25) is 5.02 Å². The van der Waals surface area contributed by atoms with Crippen molar-refractivity contribution in [1.82, 2.24) is 0 Å². The summed E-state index contributed by atoms with van der Waals surface area (Å²) >= 11 is 8.15. The van der Waals surface area contributed by atoms with E-state index >= 15 is 0 Å². The Morgan fingerprint density at radius 1 is 1.54 bits per heavy atom. The average Bonchev–Trinajstić information content (AvgIpc) is 2.12. The summed E-state index contributed by atoms with van der Waals surface area (Å²) in [6.07, 6.45) is -0.438. The Morgan fingerprint density at radius 3 is 3.08 bits per heavy atom. The lowest BCUT2D eigenvalue weighted by Gasteiger charge is -2.27. The highest BCUT2D eigenvalue weighted by atomic mass is 127. The van der Waals surface area contributed by atoms with E-state index in [-0.39, 0.29) is 3.92 Å². The molecule has 2 atom stereocenters. The van der Waals surface area contributed by atoms with Crippen molar-refractivity contribution in [2.24, 2.45) is 0 Å². The van der Waals surface area contributed by atoms with Gasteiger partial charge in [0.2, 0.25) is 0 Å². The number of aliphatic hydroxyl groups excluding tert-OH is 1. The first kappa shape index (κ1) is 9.55. The van der Waals surface area contributed by atoms with Crippen molar-refractivity contribution in [3.05, 3.63) is 28.8 Å². The minimum Gasteiger partial charge on any atom is -0.489 e. The standard InChI is InChI=1S/C9H8ClIO2/c10-6-3-1-2-5-8(11)7(12)4-13-9(5)6/h1-3,7-8,12H,4H2/t7-,8+/m1/s1. The van der Waals surface area contributed by atoms with E-state index in [1.807, 2.05) is 12.1 Å². The highest BCUT2D eigenvalue weighted by Crippen LogP contribution is 2.41. The Labute approximate surface area is 95.0 Å². The van der Waals surface area contributed by atoms with E-state index < -0.39 is 6.10 Å². The molecular formula is C9H8ClIO2. The zero-order valence-corrected chi connectivity index (χ0v) is 9.62. The SMILES string of the molecule is O[C@@H]1COc2c(Cl)cccc2[C@@H]1I. The second-order valence-electron chi connectivity index (χ2n) is 2.94. The molecule has 1 aliphatic heterocycles. The number of hydrogen-bond donors (Lipinski definition) is 1. The molecule has 0 saturated heterocycles. The normalized spacial score (nSPS) is 26.4. The Hall–Kier alpha value is -0.000000000000000111. The summed E-state index contributed by atoms with van der Waals surface area (Å²) in [5, 5.41) is 10.2. The minimum absolute atomic E-state index is 0.0695. The van der Waals surface area contributed by atoms with Crippen LogP contribution in [0.1, 0.15) is 9.49 Å². The van der Waals surface area contributed by atoms with Crippen molar-refractivity contribution < 1.29 is 9.84 Å². The fourth-order valence-corrected chi connectivity index (χ4v) is 2.29. The van der Waals surface area contributed by atoms with Crippen molar-refractivity contribution in [2.75, 3.05) is 6.61 Å². The lowest BCUT2D eigenvalue weighted by atomic mass is 10.0. The molecule has 13 heavy (non-hydrogen) atoms. The molecule has 0 fully saturated rings. The highest BCUT2D eigenvalue weighted by Gasteiger charge is 2.28. The molecule has 0 aromatic heterocycles. The van der Waals surface area contributed by atoms with Gasteiger partial charge in [0.25, 0.3) is 0 Å². The second-order valence-corrected chi connectivity index (χ2v) is 4.69. The van der Waals surface area contributed by atoms with Gasteiger partial charge in [0.05, 0.1) is 8.95 Å². The molecule has 0 bridgehead atoms. The highest BCUT2D eigenvalue weighted by molar-refractivity contribution is 14.1. The van der Waals surface area contributed by atoms with Gasteiger partial charge < -0.3 is 9.84 Å². The van der Waals surface area contributed by atoms with E-state index in [1.54, 1.807) is 6.07 Å². The summed E-state index contributed by atoms with van der Waals surface area (Å²) in [4.78, 5) is 0. The van der Waals surface area contributed by atoms with E-state index in [9.17, 15) is 5.11 Å². The maximum atomic E-state index is 9.54. The molecule has 1 N–H and O–H groups in total. The third-order valence-corrected chi connectivity index (χ3v) is 3.83. The Bertz CT molecular complexity index is 329. The molecule has 1 aromatic carbocycles. The molecule has 2 nitrogen and oxygen atoms in total. The van der Waals surface area contributed by atoms with Crippen LogP contribution in [0.25, 0.3) is 0 Å². The molecule has 1 heterocycles. The first-order valence-electron chi connectivity index (χ1n) is 3.93. The van der Waals surface area contributed by atoms with Crippen LogP contribution in [0.3, 0.4) is 0 Å². The monoisotopic (exact) mass is 310 g/mol. The summed E-state index contributed by atoms with van der Waals surface area (Å²) in [6, 6.07) is 5.59. The van der Waals surface area contributed by atoms with Crippen LogP contribution < -0.4 is 4.74 Å². The van der Waals surface area contributed by atoms with Gasteiger partial charge in [-0.3, -0.25) is 0 Å². The van der Waals surface area contributed by atoms with Gasteiger partial charge in [-0.1, -0.05) is 46.3 Å². The van der Waals surface area contributed by atoms with E-state index in [4.69, 9.17) is 16.3 Å². The van der Waals surface area contributed by atoms with Crippen molar-refractivity contribution in [3.63, 3.8) is 0 Å². The number of aliphatic hydroxyl groups is 1. The number of alkyl halides is 1. The molecule has 4 heteroatoms. The van der Waals surface area contributed by atoms with Crippen LogP contribution in [0.15, 0.2) is 18.2 Å².